The lowest BCUT2D eigenvalue weighted by atomic mass is 9.97. The number of likely N-dealkylation sites (tertiary alicyclic amines) is 1. The van der Waals surface area contributed by atoms with E-state index < -0.39 is 0 Å². The van der Waals surface area contributed by atoms with Crippen LogP contribution >= 0.6 is 0 Å². The first kappa shape index (κ1) is 15.1. The first-order chi connectivity index (χ1) is 10.7. The normalized spacial score (nSPS) is 26.4. The molecule has 6 nitrogen and oxygen atoms in total. The third-order valence-electron chi connectivity index (χ3n) is 4.77. The molecule has 0 spiro atoms. The van der Waals surface area contributed by atoms with E-state index in [1.807, 2.05) is 22.7 Å². The molecule has 2 amide bonds. The van der Waals surface area contributed by atoms with Crippen LogP contribution in [0.5, 0.6) is 0 Å². The third-order valence-corrected chi connectivity index (χ3v) is 4.77. The van der Waals surface area contributed by atoms with Gasteiger partial charge < -0.3 is 10.2 Å². The third kappa shape index (κ3) is 3.00. The van der Waals surface area contributed by atoms with Gasteiger partial charge in [-0.15, -0.1) is 0 Å². The van der Waals surface area contributed by atoms with E-state index in [4.69, 9.17) is 0 Å². The summed E-state index contributed by atoms with van der Waals surface area (Å²) in [5.41, 5.74) is 1.08. The Labute approximate surface area is 130 Å². The molecule has 0 saturated carbocycles. The molecule has 6 heteroatoms. The SMILES string of the molecule is Cn1nccc1[C@H]1CCCCN1C(=O)[C@H]1CCCCC(=O)N1. The number of nitrogens with zero attached hydrogens (tertiary/aromatic N) is 3. The highest BCUT2D eigenvalue weighted by molar-refractivity contribution is 5.88. The minimum Gasteiger partial charge on any atom is -0.344 e. The number of amides is 2. The maximum absolute atomic E-state index is 12.9. The molecule has 0 aromatic carbocycles. The molecule has 2 atom stereocenters. The Morgan fingerprint density at radius 1 is 1.27 bits per heavy atom. The van der Waals surface area contributed by atoms with E-state index in [9.17, 15) is 9.59 Å². The zero-order valence-corrected chi connectivity index (χ0v) is 13.1. The molecule has 3 heterocycles. The van der Waals surface area contributed by atoms with Crippen LogP contribution in [0.15, 0.2) is 12.3 Å². The Kier molecular flexibility index (Phi) is 4.45. The lowest BCUT2D eigenvalue weighted by Crippen LogP contribution is -2.50. The number of carbonyl (C=O) groups excluding carboxylic acids is 2. The smallest absolute Gasteiger partial charge is 0.245 e. The van der Waals surface area contributed by atoms with Gasteiger partial charge in [-0.25, -0.2) is 0 Å². The summed E-state index contributed by atoms with van der Waals surface area (Å²) in [6.45, 7) is 0.765. The van der Waals surface area contributed by atoms with Crippen molar-refractivity contribution < 1.29 is 9.59 Å². The van der Waals surface area contributed by atoms with Crippen LogP contribution in [0.3, 0.4) is 0 Å². The largest absolute Gasteiger partial charge is 0.344 e. The van der Waals surface area contributed by atoms with Gasteiger partial charge in [-0.3, -0.25) is 14.3 Å². The summed E-state index contributed by atoms with van der Waals surface area (Å²) in [6.07, 6.45) is 7.98. The Bertz CT molecular complexity index is 554. The molecule has 1 N–H and O–H groups in total. The molecule has 0 bridgehead atoms. The van der Waals surface area contributed by atoms with Crippen LogP contribution in [0.25, 0.3) is 0 Å². The number of aryl methyl sites for hydroxylation is 1. The van der Waals surface area contributed by atoms with E-state index in [0.717, 1.165) is 50.8 Å². The second-order valence-electron chi connectivity index (χ2n) is 6.29. The van der Waals surface area contributed by atoms with Crippen molar-refractivity contribution in [1.82, 2.24) is 20.0 Å². The van der Waals surface area contributed by atoms with Crippen molar-refractivity contribution >= 4 is 11.8 Å². The number of hydrogen-bond acceptors (Lipinski definition) is 3. The van der Waals surface area contributed by atoms with Crippen molar-refractivity contribution in [3.63, 3.8) is 0 Å². The van der Waals surface area contributed by atoms with E-state index in [-0.39, 0.29) is 23.9 Å². The minimum atomic E-state index is -0.358. The fourth-order valence-corrected chi connectivity index (χ4v) is 3.57. The first-order valence-corrected chi connectivity index (χ1v) is 8.24. The van der Waals surface area contributed by atoms with E-state index in [1.165, 1.54) is 0 Å². The van der Waals surface area contributed by atoms with Crippen LogP contribution in [-0.2, 0) is 16.6 Å². The van der Waals surface area contributed by atoms with E-state index in [2.05, 4.69) is 10.4 Å². The van der Waals surface area contributed by atoms with Gasteiger partial charge in [-0.05, 0) is 38.2 Å². The Hall–Kier alpha value is -1.85. The molecule has 2 saturated heterocycles. The zero-order chi connectivity index (χ0) is 15.5. The van der Waals surface area contributed by atoms with Crippen molar-refractivity contribution in [2.75, 3.05) is 6.54 Å². The molecule has 1 aromatic rings. The molecule has 1 aromatic heterocycles. The summed E-state index contributed by atoms with van der Waals surface area (Å²) in [7, 11) is 1.92. The highest BCUT2D eigenvalue weighted by Gasteiger charge is 2.34. The lowest BCUT2D eigenvalue weighted by Gasteiger charge is -2.37. The van der Waals surface area contributed by atoms with Crippen LogP contribution in [0.1, 0.15) is 56.7 Å². The number of aromatic nitrogens is 2. The van der Waals surface area contributed by atoms with Crippen LogP contribution < -0.4 is 5.32 Å². The van der Waals surface area contributed by atoms with Crippen LogP contribution in [-0.4, -0.2) is 39.1 Å². The van der Waals surface area contributed by atoms with Crippen molar-refractivity contribution in [2.24, 2.45) is 7.05 Å². The zero-order valence-electron chi connectivity index (χ0n) is 13.1. The molecule has 0 unspecified atom stereocenters. The lowest BCUT2D eigenvalue weighted by molar-refractivity contribution is -0.139. The molecule has 120 valence electrons. The maximum atomic E-state index is 12.9. The number of nitrogens with one attached hydrogen (secondary N) is 1. The standard InChI is InChI=1S/C16H24N4O2/c1-19-13(9-10-17-19)14-7-4-5-11-20(14)16(22)12-6-2-3-8-15(21)18-12/h9-10,12,14H,2-8,11H2,1H3,(H,18,21)/t12-,14-/m1/s1. The van der Waals surface area contributed by atoms with Gasteiger partial charge >= 0.3 is 0 Å². The van der Waals surface area contributed by atoms with Gasteiger partial charge in [0.25, 0.3) is 0 Å². The molecule has 22 heavy (non-hydrogen) atoms. The Morgan fingerprint density at radius 2 is 2.09 bits per heavy atom. The van der Waals surface area contributed by atoms with Gasteiger partial charge in [-0.2, -0.15) is 5.10 Å². The highest BCUT2D eigenvalue weighted by Crippen LogP contribution is 2.31. The van der Waals surface area contributed by atoms with E-state index in [0.29, 0.717) is 6.42 Å². The predicted molar refractivity (Wildman–Crippen MR) is 81.9 cm³/mol. The highest BCUT2D eigenvalue weighted by atomic mass is 16.2. The second-order valence-corrected chi connectivity index (χ2v) is 6.29. The Balaban J connectivity index is 1.79. The quantitative estimate of drug-likeness (QED) is 0.901. The van der Waals surface area contributed by atoms with Crippen molar-refractivity contribution in [3.8, 4) is 0 Å². The summed E-state index contributed by atoms with van der Waals surface area (Å²) in [4.78, 5) is 26.7. The topological polar surface area (TPSA) is 67.2 Å². The van der Waals surface area contributed by atoms with E-state index >= 15 is 0 Å². The predicted octanol–water partition coefficient (Wildman–Crippen LogP) is 1.53. The molecule has 0 aliphatic carbocycles. The molecule has 2 aliphatic rings. The number of piperidine rings is 1. The summed E-state index contributed by atoms with van der Waals surface area (Å²) in [5.74, 6) is 0.0751. The van der Waals surface area contributed by atoms with Crippen LogP contribution in [0, 0.1) is 0 Å². The summed E-state index contributed by atoms with van der Waals surface area (Å²) in [6, 6.07) is 1.71. The van der Waals surface area contributed by atoms with E-state index in [1.54, 1.807) is 6.20 Å². The number of rotatable bonds is 2. The molecular weight excluding hydrogens is 280 g/mol. The van der Waals surface area contributed by atoms with Gasteiger partial charge in [0.15, 0.2) is 0 Å². The fourth-order valence-electron chi connectivity index (χ4n) is 3.57. The summed E-state index contributed by atoms with van der Waals surface area (Å²) >= 11 is 0. The average Bonchev–Trinajstić information content (AvgIpc) is 2.83. The number of hydrogen-bond donors (Lipinski definition) is 1. The molecule has 2 fully saturated rings. The van der Waals surface area contributed by atoms with Gasteiger partial charge in [0, 0.05) is 26.2 Å². The van der Waals surface area contributed by atoms with Crippen molar-refractivity contribution in [3.05, 3.63) is 18.0 Å². The van der Waals surface area contributed by atoms with Gasteiger partial charge in [0.05, 0.1) is 11.7 Å². The summed E-state index contributed by atoms with van der Waals surface area (Å²) in [5, 5.41) is 7.14. The van der Waals surface area contributed by atoms with Crippen molar-refractivity contribution in [2.45, 2.75) is 57.0 Å². The fraction of sp³-hybridized carbons (Fsp3) is 0.688. The molecule has 3 rings (SSSR count). The molecule has 2 aliphatic heterocycles. The second kappa shape index (κ2) is 6.50. The first-order valence-electron chi connectivity index (χ1n) is 8.24. The number of carbonyl (C=O) groups is 2. The minimum absolute atomic E-state index is 0.00458. The monoisotopic (exact) mass is 304 g/mol. The van der Waals surface area contributed by atoms with Gasteiger partial charge in [-0.1, -0.05) is 6.42 Å². The van der Waals surface area contributed by atoms with Gasteiger partial charge in [0.1, 0.15) is 6.04 Å². The summed E-state index contributed by atoms with van der Waals surface area (Å²) < 4.78 is 1.85. The average molecular weight is 304 g/mol. The Morgan fingerprint density at radius 3 is 2.86 bits per heavy atom. The van der Waals surface area contributed by atoms with Crippen LogP contribution in [0.2, 0.25) is 0 Å². The van der Waals surface area contributed by atoms with Crippen molar-refractivity contribution in [1.29, 1.82) is 0 Å². The molecular formula is C16H24N4O2. The maximum Gasteiger partial charge on any atom is 0.245 e. The van der Waals surface area contributed by atoms with Gasteiger partial charge in [0.2, 0.25) is 11.8 Å². The molecule has 0 radical (unpaired) electrons. The van der Waals surface area contributed by atoms with Crippen LogP contribution in [0.4, 0.5) is 0 Å².